The van der Waals surface area contributed by atoms with Crippen molar-refractivity contribution in [3.8, 4) is 17.3 Å². The number of fused-ring (bicyclic) bond motifs is 2. The van der Waals surface area contributed by atoms with Crippen molar-refractivity contribution in [1.82, 2.24) is 34.5 Å². The molecule has 11 nitrogen and oxygen atoms in total. The van der Waals surface area contributed by atoms with Gasteiger partial charge in [-0.25, -0.2) is 9.18 Å². The maximum absolute atomic E-state index is 16.6. The van der Waals surface area contributed by atoms with Gasteiger partial charge in [-0.05, 0) is 59.7 Å². The lowest BCUT2D eigenvalue weighted by atomic mass is 10.0. The molecule has 0 aliphatic carbocycles. The highest BCUT2D eigenvalue weighted by Crippen LogP contribution is 2.36. The average Bonchev–Trinajstić information content (AvgIpc) is 3.56. The van der Waals surface area contributed by atoms with E-state index in [-0.39, 0.29) is 29.4 Å². The number of anilines is 1. The van der Waals surface area contributed by atoms with Crippen molar-refractivity contribution >= 4 is 33.7 Å². The molecule has 2 fully saturated rings. The molecular weight excluding hydrogens is 551 g/mol. The van der Waals surface area contributed by atoms with E-state index in [2.05, 4.69) is 27.0 Å². The third-order valence-electron chi connectivity index (χ3n) is 8.30. The van der Waals surface area contributed by atoms with Crippen LogP contribution in [0.15, 0.2) is 24.5 Å². The number of amides is 1. The quantitative estimate of drug-likeness (QED) is 0.331. The first-order chi connectivity index (χ1) is 20.5. The van der Waals surface area contributed by atoms with Crippen LogP contribution in [0.5, 0.6) is 6.01 Å². The number of rotatable bonds is 5. The van der Waals surface area contributed by atoms with Crippen LogP contribution >= 0.6 is 0 Å². The summed E-state index contributed by atoms with van der Waals surface area (Å²) in [5.74, 6) is 0.00482. The SMILES string of the molecule is Cc1ccc2cnn(C)c2c1-c1ncc2c(N3CCN(C(=O)OC(C)(C)C)CC3)nc(OC[C@@H]3CCCN3C)nc2c1F. The number of aryl methyl sites for hydroxylation is 2. The standard InChI is InChI=1S/C31H39FN8O3/c1-19-9-10-20-16-34-38(6)27(20)23(19)26-24(32)25-22(17-33-26)28(36-29(35-25)42-18-21-8-7-11-37(21)5)39-12-14-40(15-13-39)30(41)43-31(2,3)4/h9-10,16-17,21H,7-8,11-15,18H2,1-6H3/t21-/m0/s1. The highest BCUT2D eigenvalue weighted by Gasteiger charge is 2.29. The molecule has 3 aromatic heterocycles. The summed E-state index contributed by atoms with van der Waals surface area (Å²) in [6.45, 7) is 10.8. The fraction of sp³-hybridized carbons (Fsp3) is 0.516. The molecule has 1 aromatic carbocycles. The summed E-state index contributed by atoms with van der Waals surface area (Å²) in [5.41, 5.74) is 2.15. The van der Waals surface area contributed by atoms with Crippen LogP contribution in [0, 0.1) is 12.7 Å². The highest BCUT2D eigenvalue weighted by atomic mass is 19.1. The lowest BCUT2D eigenvalue weighted by Crippen LogP contribution is -2.50. The van der Waals surface area contributed by atoms with Gasteiger partial charge in [0.25, 0.3) is 0 Å². The lowest BCUT2D eigenvalue weighted by molar-refractivity contribution is 0.0240. The number of piperazine rings is 1. The normalized spacial score (nSPS) is 18.2. The smallest absolute Gasteiger partial charge is 0.410 e. The van der Waals surface area contributed by atoms with E-state index < -0.39 is 11.4 Å². The van der Waals surface area contributed by atoms with E-state index in [1.54, 1.807) is 22.0 Å². The lowest BCUT2D eigenvalue weighted by Gasteiger charge is -2.36. The predicted molar refractivity (Wildman–Crippen MR) is 163 cm³/mol. The zero-order valence-electron chi connectivity index (χ0n) is 25.7. The summed E-state index contributed by atoms with van der Waals surface area (Å²) in [6, 6.07) is 4.31. The van der Waals surface area contributed by atoms with Crippen molar-refractivity contribution in [2.45, 2.75) is 52.2 Å². The van der Waals surface area contributed by atoms with Gasteiger partial charge in [0.15, 0.2) is 5.82 Å². The predicted octanol–water partition coefficient (Wildman–Crippen LogP) is 4.56. The van der Waals surface area contributed by atoms with Gasteiger partial charge in [-0.2, -0.15) is 15.1 Å². The number of benzene rings is 1. The van der Waals surface area contributed by atoms with Gasteiger partial charge in [-0.3, -0.25) is 9.67 Å². The van der Waals surface area contributed by atoms with Gasteiger partial charge in [0.1, 0.15) is 29.2 Å². The van der Waals surface area contributed by atoms with E-state index in [9.17, 15) is 4.79 Å². The van der Waals surface area contributed by atoms with Crippen LogP contribution in [-0.4, -0.2) is 98.6 Å². The molecule has 1 amide bonds. The maximum Gasteiger partial charge on any atom is 0.410 e. The van der Waals surface area contributed by atoms with E-state index in [0.29, 0.717) is 49.6 Å². The molecular formula is C31H39FN8O3. The van der Waals surface area contributed by atoms with Crippen molar-refractivity contribution < 1.29 is 18.7 Å². The highest BCUT2D eigenvalue weighted by molar-refractivity contribution is 5.98. The Bertz CT molecular complexity index is 1680. The number of aromatic nitrogens is 5. The van der Waals surface area contributed by atoms with E-state index in [1.165, 1.54) is 0 Å². The van der Waals surface area contributed by atoms with Gasteiger partial charge < -0.3 is 24.2 Å². The third-order valence-corrected chi connectivity index (χ3v) is 8.30. The molecule has 43 heavy (non-hydrogen) atoms. The van der Waals surface area contributed by atoms with Crippen molar-refractivity contribution in [2.24, 2.45) is 7.05 Å². The zero-order valence-corrected chi connectivity index (χ0v) is 25.7. The average molecular weight is 591 g/mol. The Kier molecular flexibility index (Phi) is 7.57. The Morgan fingerprint density at radius 1 is 1.07 bits per heavy atom. The summed E-state index contributed by atoms with van der Waals surface area (Å²) in [5, 5.41) is 5.78. The van der Waals surface area contributed by atoms with E-state index in [0.717, 1.165) is 35.9 Å². The van der Waals surface area contributed by atoms with Crippen LogP contribution in [0.3, 0.4) is 0 Å². The van der Waals surface area contributed by atoms with Crippen molar-refractivity contribution in [3.63, 3.8) is 0 Å². The number of carbonyl (C=O) groups is 1. The number of ether oxygens (including phenoxy) is 2. The molecule has 2 saturated heterocycles. The molecule has 0 unspecified atom stereocenters. The molecule has 12 heteroatoms. The first-order valence-corrected chi connectivity index (χ1v) is 14.8. The van der Waals surface area contributed by atoms with Crippen molar-refractivity contribution in [2.75, 3.05) is 51.3 Å². The number of nitrogens with zero attached hydrogens (tertiary/aromatic N) is 8. The molecule has 0 bridgehead atoms. The number of pyridine rings is 1. The molecule has 5 heterocycles. The van der Waals surface area contributed by atoms with Gasteiger partial charge in [0.05, 0.1) is 17.1 Å². The van der Waals surface area contributed by atoms with Crippen LogP contribution in [0.2, 0.25) is 0 Å². The van der Waals surface area contributed by atoms with Crippen molar-refractivity contribution in [3.05, 3.63) is 35.9 Å². The maximum atomic E-state index is 16.6. The minimum absolute atomic E-state index is 0.129. The monoisotopic (exact) mass is 590 g/mol. The summed E-state index contributed by atoms with van der Waals surface area (Å²) in [4.78, 5) is 32.7. The summed E-state index contributed by atoms with van der Waals surface area (Å²) < 4.78 is 30.1. The second-order valence-electron chi connectivity index (χ2n) is 12.5. The summed E-state index contributed by atoms with van der Waals surface area (Å²) in [6.07, 6.45) is 5.20. The van der Waals surface area contributed by atoms with Crippen molar-refractivity contribution in [1.29, 1.82) is 0 Å². The first-order valence-electron chi connectivity index (χ1n) is 14.8. The Morgan fingerprint density at radius 2 is 1.84 bits per heavy atom. The minimum Gasteiger partial charge on any atom is -0.462 e. The zero-order chi connectivity index (χ0) is 30.5. The Balaban J connectivity index is 1.39. The number of carbonyl (C=O) groups excluding carboxylic acids is 1. The van der Waals surface area contributed by atoms with Gasteiger partial charge in [0, 0.05) is 56.4 Å². The number of hydrogen-bond donors (Lipinski definition) is 0. The molecule has 2 aliphatic heterocycles. The number of hydrogen-bond acceptors (Lipinski definition) is 9. The second kappa shape index (κ2) is 11.2. The number of likely N-dealkylation sites (tertiary alicyclic amines) is 1. The molecule has 4 aromatic rings. The first kappa shape index (κ1) is 29.0. The molecule has 2 aliphatic rings. The van der Waals surface area contributed by atoms with Crippen LogP contribution in [0.1, 0.15) is 39.2 Å². The van der Waals surface area contributed by atoms with E-state index in [4.69, 9.17) is 14.5 Å². The Labute approximate surface area is 250 Å². The number of halogens is 1. The minimum atomic E-state index is -0.574. The van der Waals surface area contributed by atoms with Crippen LogP contribution in [0.4, 0.5) is 15.0 Å². The summed E-state index contributed by atoms with van der Waals surface area (Å²) >= 11 is 0. The van der Waals surface area contributed by atoms with E-state index in [1.807, 2.05) is 51.8 Å². The molecule has 0 N–H and O–H groups in total. The molecule has 0 radical (unpaired) electrons. The van der Waals surface area contributed by atoms with Crippen LogP contribution < -0.4 is 9.64 Å². The Hall–Kier alpha value is -4.06. The van der Waals surface area contributed by atoms with Gasteiger partial charge in [-0.1, -0.05) is 12.1 Å². The van der Waals surface area contributed by atoms with Crippen LogP contribution in [0.25, 0.3) is 33.1 Å². The molecule has 1 atom stereocenters. The van der Waals surface area contributed by atoms with Gasteiger partial charge in [0.2, 0.25) is 0 Å². The fourth-order valence-electron chi connectivity index (χ4n) is 5.96. The van der Waals surface area contributed by atoms with E-state index >= 15 is 4.39 Å². The molecule has 0 saturated carbocycles. The molecule has 0 spiro atoms. The largest absolute Gasteiger partial charge is 0.462 e. The Morgan fingerprint density at radius 3 is 2.53 bits per heavy atom. The topological polar surface area (TPSA) is 102 Å². The van der Waals surface area contributed by atoms with Gasteiger partial charge in [-0.15, -0.1) is 0 Å². The third kappa shape index (κ3) is 5.67. The fourth-order valence-corrected chi connectivity index (χ4v) is 5.96. The number of likely N-dealkylation sites (N-methyl/N-ethyl adjacent to an activating group) is 1. The summed E-state index contributed by atoms with van der Waals surface area (Å²) in [7, 11) is 3.92. The molecule has 6 rings (SSSR count). The second-order valence-corrected chi connectivity index (χ2v) is 12.5. The van der Waals surface area contributed by atoms with Gasteiger partial charge >= 0.3 is 12.1 Å². The van der Waals surface area contributed by atoms with Crippen LogP contribution in [-0.2, 0) is 11.8 Å². The molecule has 228 valence electrons.